The van der Waals surface area contributed by atoms with E-state index >= 15 is 0 Å². The Labute approximate surface area is 143 Å². The van der Waals surface area contributed by atoms with Crippen LogP contribution in [0.3, 0.4) is 0 Å². The number of carbonyl (C=O) groups excluding carboxylic acids is 1. The Morgan fingerprint density at radius 1 is 1.21 bits per heavy atom. The lowest BCUT2D eigenvalue weighted by Crippen LogP contribution is -2.47. The van der Waals surface area contributed by atoms with E-state index in [0.29, 0.717) is 11.3 Å². The third-order valence-corrected chi connectivity index (χ3v) is 4.71. The number of likely N-dealkylation sites (tertiary alicyclic amines) is 1. The largest absolute Gasteiger partial charge is 0.398 e. The van der Waals surface area contributed by atoms with E-state index in [1.54, 1.807) is 0 Å². The maximum atomic E-state index is 12.6. The van der Waals surface area contributed by atoms with Gasteiger partial charge in [-0.1, -0.05) is 36.4 Å². The van der Waals surface area contributed by atoms with E-state index < -0.39 is 0 Å². The van der Waals surface area contributed by atoms with Crippen LogP contribution in [0.4, 0.5) is 5.69 Å². The lowest BCUT2D eigenvalue weighted by Gasteiger charge is -2.33. The van der Waals surface area contributed by atoms with E-state index in [2.05, 4.69) is 34.5 Å². The van der Waals surface area contributed by atoms with Crippen molar-refractivity contribution in [3.8, 4) is 0 Å². The van der Waals surface area contributed by atoms with Gasteiger partial charge in [-0.05, 0) is 49.6 Å². The minimum absolute atomic E-state index is 0.0219. The van der Waals surface area contributed by atoms with Crippen LogP contribution in [0.2, 0.25) is 0 Å². The van der Waals surface area contributed by atoms with Crippen molar-refractivity contribution in [1.29, 1.82) is 0 Å². The van der Waals surface area contributed by atoms with E-state index in [0.717, 1.165) is 38.0 Å². The second-order valence-corrected chi connectivity index (χ2v) is 6.55. The summed E-state index contributed by atoms with van der Waals surface area (Å²) in [7, 11) is 0. The molecule has 1 amide bonds. The van der Waals surface area contributed by atoms with Gasteiger partial charge in [0.05, 0.1) is 0 Å². The molecule has 2 aromatic carbocycles. The first-order valence-corrected chi connectivity index (χ1v) is 8.55. The number of amides is 1. The van der Waals surface area contributed by atoms with Crippen LogP contribution in [0.1, 0.15) is 34.3 Å². The van der Waals surface area contributed by atoms with Gasteiger partial charge < -0.3 is 11.1 Å². The number of nitrogens with one attached hydrogen (secondary N) is 1. The molecule has 4 nitrogen and oxygen atoms in total. The van der Waals surface area contributed by atoms with Gasteiger partial charge in [0.25, 0.3) is 5.91 Å². The number of piperidine rings is 1. The molecule has 1 heterocycles. The van der Waals surface area contributed by atoms with Crippen LogP contribution in [0.5, 0.6) is 0 Å². The summed E-state index contributed by atoms with van der Waals surface area (Å²) in [6, 6.07) is 16.2. The zero-order chi connectivity index (χ0) is 16.9. The fraction of sp³-hybridized carbons (Fsp3) is 0.350. The molecule has 2 aromatic rings. The van der Waals surface area contributed by atoms with Crippen molar-refractivity contribution in [3.63, 3.8) is 0 Å². The molecule has 3 N–H and O–H groups in total. The molecule has 1 atom stereocenters. The molecular formula is C20H25N3O. The van der Waals surface area contributed by atoms with Gasteiger partial charge >= 0.3 is 0 Å². The highest BCUT2D eigenvalue weighted by Crippen LogP contribution is 2.17. The molecule has 1 aliphatic rings. The zero-order valence-electron chi connectivity index (χ0n) is 14.2. The molecule has 3 rings (SSSR count). The van der Waals surface area contributed by atoms with Crippen LogP contribution in [-0.4, -0.2) is 29.9 Å². The molecule has 0 saturated carbocycles. The molecule has 1 aliphatic heterocycles. The molecule has 0 radical (unpaired) electrons. The second-order valence-electron chi connectivity index (χ2n) is 6.55. The van der Waals surface area contributed by atoms with Crippen LogP contribution in [-0.2, 0) is 6.54 Å². The average molecular weight is 323 g/mol. The van der Waals surface area contributed by atoms with E-state index in [1.165, 1.54) is 5.56 Å². The van der Waals surface area contributed by atoms with Crippen molar-refractivity contribution in [2.24, 2.45) is 0 Å². The molecule has 24 heavy (non-hydrogen) atoms. The Morgan fingerprint density at radius 3 is 2.79 bits per heavy atom. The summed E-state index contributed by atoms with van der Waals surface area (Å²) < 4.78 is 0. The molecule has 1 saturated heterocycles. The van der Waals surface area contributed by atoms with Gasteiger partial charge in [-0.3, -0.25) is 9.69 Å². The number of hydrogen-bond acceptors (Lipinski definition) is 3. The maximum absolute atomic E-state index is 12.6. The van der Waals surface area contributed by atoms with E-state index in [-0.39, 0.29) is 11.9 Å². The number of carbonyl (C=O) groups is 1. The standard InChI is InChI=1S/C20H25N3O/c1-15-18(10-5-11-19(15)21)20(24)22-17-9-6-12-23(14-17)13-16-7-3-2-4-8-16/h2-5,7-8,10-11,17H,6,9,12-14,21H2,1H3,(H,22,24). The van der Waals surface area contributed by atoms with Gasteiger partial charge in [0.2, 0.25) is 0 Å². The van der Waals surface area contributed by atoms with Crippen molar-refractivity contribution < 1.29 is 4.79 Å². The van der Waals surface area contributed by atoms with Crippen molar-refractivity contribution in [1.82, 2.24) is 10.2 Å². The number of hydrogen-bond donors (Lipinski definition) is 2. The van der Waals surface area contributed by atoms with Crippen molar-refractivity contribution in [3.05, 3.63) is 65.2 Å². The highest BCUT2D eigenvalue weighted by atomic mass is 16.1. The summed E-state index contributed by atoms with van der Waals surface area (Å²) in [5.74, 6) is -0.0219. The molecule has 1 fully saturated rings. The highest BCUT2D eigenvalue weighted by molar-refractivity contribution is 5.97. The summed E-state index contributed by atoms with van der Waals surface area (Å²) in [5, 5.41) is 3.18. The van der Waals surface area contributed by atoms with Crippen LogP contribution in [0.15, 0.2) is 48.5 Å². The Kier molecular flexibility index (Phi) is 5.16. The van der Waals surface area contributed by atoms with Gasteiger partial charge in [0.15, 0.2) is 0 Å². The summed E-state index contributed by atoms with van der Waals surface area (Å²) in [6.07, 6.45) is 2.13. The minimum Gasteiger partial charge on any atom is -0.398 e. The third kappa shape index (κ3) is 3.95. The smallest absolute Gasteiger partial charge is 0.251 e. The summed E-state index contributed by atoms with van der Waals surface area (Å²) in [4.78, 5) is 15.0. The highest BCUT2D eigenvalue weighted by Gasteiger charge is 2.22. The van der Waals surface area contributed by atoms with Gasteiger partial charge in [0.1, 0.15) is 0 Å². The van der Waals surface area contributed by atoms with Gasteiger partial charge in [0, 0.05) is 30.4 Å². The van der Waals surface area contributed by atoms with Crippen LogP contribution >= 0.6 is 0 Å². The summed E-state index contributed by atoms with van der Waals surface area (Å²) >= 11 is 0. The van der Waals surface area contributed by atoms with Crippen molar-refractivity contribution >= 4 is 11.6 Å². The van der Waals surface area contributed by atoms with Crippen molar-refractivity contribution in [2.75, 3.05) is 18.8 Å². The zero-order valence-corrected chi connectivity index (χ0v) is 14.2. The third-order valence-electron chi connectivity index (χ3n) is 4.71. The van der Waals surface area contributed by atoms with E-state index in [4.69, 9.17) is 5.73 Å². The molecule has 1 unspecified atom stereocenters. The van der Waals surface area contributed by atoms with E-state index in [1.807, 2.05) is 31.2 Å². The minimum atomic E-state index is -0.0219. The second kappa shape index (κ2) is 7.49. The monoisotopic (exact) mass is 323 g/mol. The number of nitrogens with zero attached hydrogens (tertiary/aromatic N) is 1. The molecular weight excluding hydrogens is 298 g/mol. The summed E-state index contributed by atoms with van der Waals surface area (Å²) in [6.45, 7) is 4.80. The predicted molar refractivity (Wildman–Crippen MR) is 97.8 cm³/mol. The first-order chi connectivity index (χ1) is 11.6. The molecule has 0 aliphatic carbocycles. The first-order valence-electron chi connectivity index (χ1n) is 8.55. The Hall–Kier alpha value is -2.33. The number of benzene rings is 2. The lowest BCUT2D eigenvalue weighted by molar-refractivity contribution is 0.0900. The predicted octanol–water partition coefficient (Wildman–Crippen LogP) is 2.97. The van der Waals surface area contributed by atoms with Crippen LogP contribution in [0.25, 0.3) is 0 Å². The molecule has 0 bridgehead atoms. The fourth-order valence-electron chi connectivity index (χ4n) is 3.32. The Bertz CT molecular complexity index is 699. The number of nitrogen functional groups attached to an aromatic ring is 1. The van der Waals surface area contributed by atoms with E-state index in [9.17, 15) is 4.79 Å². The molecule has 0 spiro atoms. The summed E-state index contributed by atoms with van der Waals surface area (Å²) in [5.41, 5.74) is 9.42. The molecule has 0 aromatic heterocycles. The Balaban J connectivity index is 1.61. The quantitative estimate of drug-likeness (QED) is 0.851. The van der Waals surface area contributed by atoms with Crippen LogP contribution < -0.4 is 11.1 Å². The van der Waals surface area contributed by atoms with Gasteiger partial charge in [-0.25, -0.2) is 0 Å². The Morgan fingerprint density at radius 2 is 2.00 bits per heavy atom. The SMILES string of the molecule is Cc1c(N)cccc1C(=O)NC1CCCN(Cc2ccccc2)C1. The van der Waals surface area contributed by atoms with Gasteiger partial charge in [-0.2, -0.15) is 0 Å². The fourth-order valence-corrected chi connectivity index (χ4v) is 3.32. The molecule has 4 heteroatoms. The average Bonchev–Trinajstić information content (AvgIpc) is 2.58. The normalized spacial score (nSPS) is 18.3. The number of anilines is 1. The lowest BCUT2D eigenvalue weighted by atomic mass is 10.0. The van der Waals surface area contributed by atoms with Gasteiger partial charge in [-0.15, -0.1) is 0 Å². The first kappa shape index (κ1) is 16.5. The number of nitrogens with two attached hydrogens (primary N) is 1. The topological polar surface area (TPSA) is 58.4 Å². The number of rotatable bonds is 4. The van der Waals surface area contributed by atoms with Crippen LogP contribution in [0, 0.1) is 6.92 Å². The van der Waals surface area contributed by atoms with Crippen molar-refractivity contribution in [2.45, 2.75) is 32.4 Å². The maximum Gasteiger partial charge on any atom is 0.251 e. The molecule has 126 valence electrons.